The van der Waals surface area contributed by atoms with E-state index in [4.69, 9.17) is 4.74 Å². The van der Waals surface area contributed by atoms with Crippen molar-refractivity contribution >= 4 is 0 Å². The Labute approximate surface area is 216 Å². The van der Waals surface area contributed by atoms with Gasteiger partial charge in [0.05, 0.1) is 5.92 Å². The van der Waals surface area contributed by atoms with Gasteiger partial charge in [0.15, 0.2) is 0 Å². The molecule has 0 saturated heterocycles. The lowest BCUT2D eigenvalue weighted by molar-refractivity contribution is -0.222. The molecule has 0 aromatic heterocycles. The number of rotatable bonds is 6. The molecule has 1 nitrogen and oxygen atoms in total. The SMILES string of the molecule is CC1CCC(c2ccc(-c3ccc(C4CCC(C(F)(F)Oc5ccc(F)cc5)CC4)c(F)c3)cc2)CC1. The van der Waals surface area contributed by atoms with Gasteiger partial charge in [0, 0.05) is 0 Å². The van der Waals surface area contributed by atoms with Gasteiger partial charge < -0.3 is 4.74 Å². The molecule has 2 saturated carbocycles. The highest BCUT2D eigenvalue weighted by Gasteiger charge is 2.44. The van der Waals surface area contributed by atoms with Crippen LogP contribution >= 0.6 is 0 Å². The van der Waals surface area contributed by atoms with Gasteiger partial charge >= 0.3 is 6.11 Å². The van der Waals surface area contributed by atoms with Crippen LogP contribution in [0, 0.1) is 23.5 Å². The molecule has 0 N–H and O–H groups in total. The topological polar surface area (TPSA) is 9.23 Å². The highest BCUT2D eigenvalue weighted by Crippen LogP contribution is 2.44. The normalized spacial score (nSPS) is 24.6. The Kier molecular flexibility index (Phi) is 7.60. The minimum absolute atomic E-state index is 0.0588. The van der Waals surface area contributed by atoms with Crippen LogP contribution in [0.1, 0.15) is 81.3 Å². The van der Waals surface area contributed by atoms with E-state index in [-0.39, 0.29) is 30.3 Å². The summed E-state index contributed by atoms with van der Waals surface area (Å²) >= 11 is 0. The highest BCUT2D eigenvalue weighted by atomic mass is 19.3. The number of alkyl halides is 2. The molecule has 0 atom stereocenters. The zero-order valence-electron chi connectivity index (χ0n) is 21.2. The molecule has 0 unspecified atom stereocenters. The van der Waals surface area contributed by atoms with Crippen LogP contribution in [0.2, 0.25) is 0 Å². The van der Waals surface area contributed by atoms with Gasteiger partial charge in [-0.3, -0.25) is 0 Å². The third kappa shape index (κ3) is 6.02. The quantitative estimate of drug-likeness (QED) is 0.300. The summed E-state index contributed by atoms with van der Waals surface area (Å²) in [7, 11) is 0. The second-order valence-corrected chi connectivity index (χ2v) is 11.0. The van der Waals surface area contributed by atoms with E-state index in [2.05, 4.69) is 31.2 Å². The fraction of sp³-hybridized carbons (Fsp3) is 0.438. The average Bonchev–Trinajstić information content (AvgIpc) is 2.90. The van der Waals surface area contributed by atoms with Gasteiger partial charge in [-0.15, -0.1) is 0 Å². The standard InChI is InChI=1S/C32H34F4O/c1-21-2-4-22(5-3-21)23-6-8-24(9-7-23)26-12-19-30(31(34)20-26)25-10-13-27(14-11-25)32(35,36)37-29-17-15-28(33)16-18-29/h6-9,12,15-22,25,27H,2-5,10-11,13-14H2,1H3. The Morgan fingerprint density at radius 3 is 1.89 bits per heavy atom. The first-order valence-electron chi connectivity index (χ1n) is 13.5. The van der Waals surface area contributed by atoms with Crippen molar-refractivity contribution in [1.82, 2.24) is 0 Å². The van der Waals surface area contributed by atoms with Crippen molar-refractivity contribution in [2.75, 3.05) is 0 Å². The molecule has 37 heavy (non-hydrogen) atoms. The fourth-order valence-corrected chi connectivity index (χ4v) is 6.06. The first-order chi connectivity index (χ1) is 17.8. The molecule has 0 bridgehead atoms. The number of halogens is 4. The van der Waals surface area contributed by atoms with Crippen molar-refractivity contribution in [2.24, 2.45) is 11.8 Å². The van der Waals surface area contributed by atoms with E-state index in [9.17, 15) is 13.2 Å². The molecule has 3 aromatic carbocycles. The zero-order chi connectivity index (χ0) is 26.0. The number of hydrogen-bond donors (Lipinski definition) is 0. The summed E-state index contributed by atoms with van der Waals surface area (Å²) < 4.78 is 62.6. The van der Waals surface area contributed by atoms with Crippen LogP contribution in [0.3, 0.4) is 0 Å². The lowest BCUT2D eigenvalue weighted by Crippen LogP contribution is -2.37. The number of ether oxygens (including phenoxy) is 1. The molecule has 5 rings (SSSR count). The van der Waals surface area contributed by atoms with Crippen LogP contribution in [0.4, 0.5) is 17.6 Å². The van der Waals surface area contributed by atoms with Gasteiger partial charge in [-0.1, -0.05) is 56.2 Å². The molecule has 2 aliphatic carbocycles. The van der Waals surface area contributed by atoms with Gasteiger partial charge in [0.1, 0.15) is 17.4 Å². The maximum absolute atomic E-state index is 15.2. The summed E-state index contributed by atoms with van der Waals surface area (Å²) in [5, 5.41) is 0. The predicted octanol–water partition coefficient (Wildman–Crippen LogP) is 9.87. The molecule has 2 fully saturated rings. The van der Waals surface area contributed by atoms with E-state index >= 15 is 4.39 Å². The average molecular weight is 511 g/mol. The van der Waals surface area contributed by atoms with Crippen molar-refractivity contribution in [1.29, 1.82) is 0 Å². The molecule has 196 valence electrons. The lowest BCUT2D eigenvalue weighted by atomic mass is 9.77. The lowest BCUT2D eigenvalue weighted by Gasteiger charge is -2.33. The predicted molar refractivity (Wildman–Crippen MR) is 139 cm³/mol. The summed E-state index contributed by atoms with van der Waals surface area (Å²) in [5.74, 6) is -0.455. The molecular weight excluding hydrogens is 476 g/mol. The second-order valence-electron chi connectivity index (χ2n) is 11.0. The number of benzene rings is 3. The van der Waals surface area contributed by atoms with Crippen molar-refractivity contribution in [2.45, 2.75) is 76.2 Å². The van der Waals surface area contributed by atoms with Gasteiger partial charge in [-0.25, -0.2) is 8.78 Å². The van der Waals surface area contributed by atoms with Crippen molar-refractivity contribution in [3.63, 3.8) is 0 Å². The minimum Gasteiger partial charge on any atom is -0.432 e. The summed E-state index contributed by atoms with van der Waals surface area (Å²) in [6, 6.07) is 18.4. The molecule has 0 heterocycles. The summed E-state index contributed by atoms with van der Waals surface area (Å²) in [6.45, 7) is 2.32. The first-order valence-corrected chi connectivity index (χ1v) is 13.5. The van der Waals surface area contributed by atoms with Crippen LogP contribution in [0.15, 0.2) is 66.7 Å². The molecule has 5 heteroatoms. The monoisotopic (exact) mass is 510 g/mol. The molecule has 2 aliphatic rings. The second kappa shape index (κ2) is 10.9. The Morgan fingerprint density at radius 1 is 0.676 bits per heavy atom. The Morgan fingerprint density at radius 2 is 1.27 bits per heavy atom. The first kappa shape index (κ1) is 25.8. The van der Waals surface area contributed by atoms with Crippen molar-refractivity contribution in [3.8, 4) is 16.9 Å². The molecular formula is C32H34F4O. The third-order valence-electron chi connectivity index (χ3n) is 8.44. The largest absolute Gasteiger partial charge is 0.432 e. The summed E-state index contributed by atoms with van der Waals surface area (Å²) in [5.41, 5.74) is 3.78. The minimum atomic E-state index is -3.35. The van der Waals surface area contributed by atoms with E-state index in [1.165, 1.54) is 43.4 Å². The third-order valence-corrected chi connectivity index (χ3v) is 8.44. The number of hydrogen-bond acceptors (Lipinski definition) is 1. The van der Waals surface area contributed by atoms with Crippen LogP contribution in [-0.2, 0) is 0 Å². The van der Waals surface area contributed by atoms with Gasteiger partial charge in [0.25, 0.3) is 0 Å². The summed E-state index contributed by atoms with van der Waals surface area (Å²) in [4.78, 5) is 0. The molecule has 0 radical (unpaired) electrons. The van der Waals surface area contributed by atoms with Gasteiger partial charge in [-0.05, 0) is 109 Å². The maximum atomic E-state index is 15.2. The van der Waals surface area contributed by atoms with E-state index < -0.39 is 17.8 Å². The van der Waals surface area contributed by atoms with Gasteiger partial charge in [-0.2, -0.15) is 8.78 Å². The smallest absolute Gasteiger partial charge is 0.400 e. The van der Waals surface area contributed by atoms with E-state index in [1.807, 2.05) is 12.1 Å². The maximum Gasteiger partial charge on any atom is 0.400 e. The fourth-order valence-electron chi connectivity index (χ4n) is 6.06. The van der Waals surface area contributed by atoms with Gasteiger partial charge in [0.2, 0.25) is 0 Å². The molecule has 0 spiro atoms. The highest BCUT2D eigenvalue weighted by molar-refractivity contribution is 5.64. The molecule has 3 aromatic rings. The van der Waals surface area contributed by atoms with Crippen LogP contribution < -0.4 is 4.74 Å². The van der Waals surface area contributed by atoms with E-state index in [0.29, 0.717) is 24.3 Å². The van der Waals surface area contributed by atoms with Crippen LogP contribution in [0.5, 0.6) is 5.75 Å². The molecule has 0 amide bonds. The van der Waals surface area contributed by atoms with Crippen molar-refractivity contribution < 1.29 is 22.3 Å². The van der Waals surface area contributed by atoms with Crippen LogP contribution in [-0.4, -0.2) is 6.11 Å². The zero-order valence-corrected chi connectivity index (χ0v) is 21.2. The van der Waals surface area contributed by atoms with E-state index in [1.54, 1.807) is 6.07 Å². The Bertz CT molecular complexity index is 1170. The Hall–Kier alpha value is -2.82. The molecule has 0 aliphatic heterocycles. The van der Waals surface area contributed by atoms with Crippen molar-refractivity contribution in [3.05, 3.63) is 89.5 Å². The van der Waals surface area contributed by atoms with E-state index in [0.717, 1.165) is 29.2 Å². The van der Waals surface area contributed by atoms with Crippen LogP contribution in [0.25, 0.3) is 11.1 Å². The Balaban J connectivity index is 1.20. The summed E-state index contributed by atoms with van der Waals surface area (Å²) in [6.07, 6.45) is 3.08.